The summed E-state index contributed by atoms with van der Waals surface area (Å²) in [6, 6.07) is 13.0. The van der Waals surface area contributed by atoms with Gasteiger partial charge in [0.25, 0.3) is 11.8 Å². The molecule has 2 aromatic carbocycles. The van der Waals surface area contributed by atoms with Crippen LogP contribution in [0.1, 0.15) is 73.1 Å². The molecule has 0 aliphatic rings. The molecular formula is C36H42N8O6S2. The first-order chi connectivity index (χ1) is 25.0. The first-order valence-corrected chi connectivity index (χ1v) is 18.9. The molecule has 16 heteroatoms. The van der Waals surface area contributed by atoms with Crippen molar-refractivity contribution in [1.82, 2.24) is 31.2 Å². The Bertz CT molecular complexity index is 1820. The molecule has 0 aliphatic carbocycles. The number of hydrogen-bond acceptors (Lipinski definition) is 10. The summed E-state index contributed by atoms with van der Waals surface area (Å²) >= 11 is 0. The maximum absolute atomic E-state index is 13.2. The molecule has 4 rings (SSSR count). The van der Waals surface area contributed by atoms with Crippen molar-refractivity contribution in [2.45, 2.75) is 74.2 Å². The fourth-order valence-corrected chi connectivity index (χ4v) is 7.77. The van der Waals surface area contributed by atoms with Crippen LogP contribution in [-0.4, -0.2) is 70.6 Å². The number of nitrogens with zero attached hydrogens (tertiary/aromatic N) is 2. The predicted molar refractivity (Wildman–Crippen MR) is 201 cm³/mol. The summed E-state index contributed by atoms with van der Waals surface area (Å²) in [7, 11) is 2.94. The lowest BCUT2D eigenvalue weighted by Gasteiger charge is -2.14. The number of unbranched alkanes of at least 4 members (excludes halogenated alkanes) is 2. The molecule has 0 fully saturated rings. The fourth-order valence-electron chi connectivity index (χ4n) is 5.52. The Morgan fingerprint density at radius 3 is 1.38 bits per heavy atom. The third kappa shape index (κ3) is 11.1. The van der Waals surface area contributed by atoms with Crippen LogP contribution in [0.25, 0.3) is 21.8 Å². The second-order valence-electron chi connectivity index (χ2n) is 12.0. The Labute approximate surface area is 308 Å². The number of aromatic nitrogens is 2. The summed E-state index contributed by atoms with van der Waals surface area (Å²) in [4.78, 5) is 82.9. The van der Waals surface area contributed by atoms with Gasteiger partial charge in [0.05, 0.1) is 11.0 Å². The normalized spacial score (nSPS) is 12.1. The maximum Gasteiger partial charge on any atom is 0.251 e. The highest BCUT2D eigenvalue weighted by Gasteiger charge is 2.19. The summed E-state index contributed by atoms with van der Waals surface area (Å²) in [5, 5.41) is 12.3. The lowest BCUT2D eigenvalue weighted by molar-refractivity contribution is -0.126. The molecule has 274 valence electrons. The Hall–Kier alpha value is -5.22. The number of fused-ring (bicyclic) bond motifs is 2. The molecule has 0 spiro atoms. The zero-order valence-corrected chi connectivity index (χ0v) is 30.5. The van der Waals surface area contributed by atoms with Gasteiger partial charge in [-0.15, -0.1) is 0 Å². The quantitative estimate of drug-likeness (QED) is 0.0606. The van der Waals surface area contributed by atoms with Gasteiger partial charge in [0.1, 0.15) is 12.1 Å². The molecule has 1 unspecified atom stereocenters. The smallest absolute Gasteiger partial charge is 0.251 e. The van der Waals surface area contributed by atoms with Crippen LogP contribution in [0, 0.1) is 0 Å². The number of carbonyl (C=O) groups excluding carboxylic acids is 6. The number of nitrogens with one attached hydrogen (secondary N) is 4. The molecule has 4 aromatic rings. The number of rotatable bonds is 19. The second-order valence-corrected chi connectivity index (χ2v) is 14.2. The van der Waals surface area contributed by atoms with Gasteiger partial charge in [-0.05, 0) is 74.9 Å². The van der Waals surface area contributed by atoms with E-state index in [0.717, 1.165) is 9.79 Å². The maximum atomic E-state index is 13.2. The van der Waals surface area contributed by atoms with E-state index in [2.05, 4.69) is 31.2 Å². The van der Waals surface area contributed by atoms with Crippen LogP contribution in [0.4, 0.5) is 0 Å². The van der Waals surface area contributed by atoms with Crippen molar-refractivity contribution in [2.24, 2.45) is 11.5 Å². The van der Waals surface area contributed by atoms with Crippen molar-refractivity contribution in [3.8, 4) is 0 Å². The molecule has 2 heterocycles. The molecule has 0 aliphatic heterocycles. The average molecular weight is 747 g/mol. The van der Waals surface area contributed by atoms with Crippen LogP contribution < -0.4 is 32.7 Å². The lowest BCUT2D eigenvalue weighted by Crippen LogP contribution is -2.43. The summed E-state index contributed by atoms with van der Waals surface area (Å²) in [6.07, 6.45) is 6.47. The Morgan fingerprint density at radius 1 is 0.615 bits per heavy atom. The minimum Gasteiger partial charge on any atom is -0.368 e. The molecule has 0 saturated carbocycles. The SMILES string of the molecule is CC(=O)NC(CCCCNC(=O)c1ccc(SSc2ccc(C(=O)NCCCC[C@H](NC(C)=O)C(N)=O)c3cccnc23)c2ncccc12)C(N)=O. The number of nitrogens with two attached hydrogens (primary N) is 2. The minimum atomic E-state index is -0.743. The van der Waals surface area contributed by atoms with Gasteiger partial charge >= 0.3 is 0 Å². The Morgan fingerprint density at radius 2 is 1.02 bits per heavy atom. The van der Waals surface area contributed by atoms with E-state index in [0.29, 0.717) is 84.5 Å². The van der Waals surface area contributed by atoms with E-state index in [1.807, 2.05) is 24.3 Å². The monoisotopic (exact) mass is 746 g/mol. The van der Waals surface area contributed by atoms with Gasteiger partial charge in [0.15, 0.2) is 0 Å². The highest BCUT2D eigenvalue weighted by atomic mass is 33.1. The van der Waals surface area contributed by atoms with Gasteiger partial charge in [-0.1, -0.05) is 33.7 Å². The van der Waals surface area contributed by atoms with Crippen molar-refractivity contribution in [3.05, 3.63) is 72.1 Å². The average Bonchev–Trinajstić information content (AvgIpc) is 3.11. The highest BCUT2D eigenvalue weighted by molar-refractivity contribution is 8.76. The first kappa shape index (κ1) is 39.6. The molecule has 2 atom stereocenters. The van der Waals surface area contributed by atoms with Crippen LogP contribution in [0.3, 0.4) is 0 Å². The largest absolute Gasteiger partial charge is 0.368 e. The second kappa shape index (κ2) is 19.4. The van der Waals surface area contributed by atoms with Crippen LogP contribution in [0.15, 0.2) is 70.7 Å². The molecule has 0 bridgehead atoms. The van der Waals surface area contributed by atoms with E-state index in [1.54, 1.807) is 36.7 Å². The van der Waals surface area contributed by atoms with Crippen molar-refractivity contribution in [1.29, 1.82) is 0 Å². The van der Waals surface area contributed by atoms with Crippen molar-refractivity contribution >= 4 is 78.8 Å². The number of benzene rings is 2. The number of amides is 6. The van der Waals surface area contributed by atoms with Gasteiger partial charge in [-0.2, -0.15) is 0 Å². The van der Waals surface area contributed by atoms with Gasteiger partial charge in [-0.3, -0.25) is 38.7 Å². The van der Waals surface area contributed by atoms with Gasteiger partial charge < -0.3 is 32.7 Å². The molecule has 6 amide bonds. The van der Waals surface area contributed by atoms with Gasteiger partial charge in [0, 0.05) is 71.0 Å². The molecule has 0 radical (unpaired) electrons. The van der Waals surface area contributed by atoms with E-state index < -0.39 is 23.9 Å². The van der Waals surface area contributed by atoms with Crippen molar-refractivity contribution in [2.75, 3.05) is 13.1 Å². The van der Waals surface area contributed by atoms with E-state index in [-0.39, 0.29) is 23.6 Å². The van der Waals surface area contributed by atoms with Gasteiger partial charge in [0.2, 0.25) is 23.6 Å². The van der Waals surface area contributed by atoms with Crippen molar-refractivity contribution < 1.29 is 28.8 Å². The zero-order chi connectivity index (χ0) is 37.6. The van der Waals surface area contributed by atoms with Gasteiger partial charge in [-0.25, -0.2) is 0 Å². The standard InChI is InChI=1S/C36H42N8O6S2/c1-21(45)43-27(33(37)47)11-3-5-17-41-35(49)25-13-15-29(31-23(25)9-7-19-39-31)51-52-30-16-14-26(24-10-8-20-40-32(24)30)36(50)42-18-6-4-12-28(34(38)48)44-22(2)46/h7-10,13-16,19-20,27-28H,3-6,11-12,17-18H2,1-2H3,(H2,37,47)(H2,38,48)(H,41,49)(H,42,50)(H,43,45)(H,44,46)/t27-,28?/m0/s1. The molecule has 2 aromatic heterocycles. The minimum absolute atomic E-state index is 0.251. The third-order valence-electron chi connectivity index (χ3n) is 8.03. The predicted octanol–water partition coefficient (Wildman–Crippen LogP) is 3.36. The molecule has 14 nitrogen and oxygen atoms in total. The first-order valence-electron chi connectivity index (χ1n) is 16.8. The van der Waals surface area contributed by atoms with E-state index in [4.69, 9.17) is 11.5 Å². The number of carbonyl (C=O) groups is 6. The van der Waals surface area contributed by atoms with E-state index >= 15 is 0 Å². The third-order valence-corrected chi connectivity index (χ3v) is 10.5. The Balaban J connectivity index is 1.37. The lowest BCUT2D eigenvalue weighted by atomic mass is 10.1. The van der Waals surface area contributed by atoms with Crippen LogP contribution in [0.5, 0.6) is 0 Å². The summed E-state index contributed by atoms with van der Waals surface area (Å²) in [5.74, 6) is -2.35. The highest BCUT2D eigenvalue weighted by Crippen LogP contribution is 2.43. The zero-order valence-electron chi connectivity index (χ0n) is 28.9. The fraction of sp³-hybridized carbons (Fsp3) is 0.333. The van der Waals surface area contributed by atoms with Crippen LogP contribution >= 0.6 is 21.6 Å². The van der Waals surface area contributed by atoms with Crippen LogP contribution in [0.2, 0.25) is 0 Å². The number of pyridine rings is 2. The van der Waals surface area contributed by atoms with E-state index in [1.165, 1.54) is 35.4 Å². The molecular weight excluding hydrogens is 705 g/mol. The number of primary amides is 2. The van der Waals surface area contributed by atoms with Crippen molar-refractivity contribution in [3.63, 3.8) is 0 Å². The molecule has 8 N–H and O–H groups in total. The number of hydrogen-bond donors (Lipinski definition) is 6. The molecule has 0 saturated heterocycles. The topological polar surface area (TPSA) is 228 Å². The summed E-state index contributed by atoms with van der Waals surface area (Å²) in [6.45, 7) is 3.41. The van der Waals surface area contributed by atoms with Crippen LogP contribution in [-0.2, 0) is 19.2 Å². The Kier molecular flexibility index (Phi) is 14.8. The summed E-state index contributed by atoms with van der Waals surface area (Å²) < 4.78 is 0. The molecule has 52 heavy (non-hydrogen) atoms. The van der Waals surface area contributed by atoms with E-state index in [9.17, 15) is 28.8 Å². The summed E-state index contributed by atoms with van der Waals surface area (Å²) in [5.41, 5.74) is 13.0.